The minimum Gasteiger partial charge on any atom is -0.383 e. The fraction of sp³-hybridized carbons (Fsp3) is 0.308. The van der Waals surface area contributed by atoms with E-state index in [0.717, 1.165) is 25.2 Å². The van der Waals surface area contributed by atoms with Gasteiger partial charge in [0.05, 0.1) is 11.6 Å². The van der Waals surface area contributed by atoms with Gasteiger partial charge < -0.3 is 9.74 Å². The summed E-state index contributed by atoms with van der Waals surface area (Å²) in [5.74, 6) is 0.712. The van der Waals surface area contributed by atoms with Crippen molar-refractivity contribution in [2.75, 3.05) is 20.1 Å². The van der Waals surface area contributed by atoms with Gasteiger partial charge >= 0.3 is 0 Å². The first kappa shape index (κ1) is 11.5. The first-order chi connectivity index (χ1) is 8.28. The fourth-order valence-electron chi connectivity index (χ4n) is 1.59. The lowest BCUT2D eigenvalue weighted by atomic mass is 10.2. The highest BCUT2D eigenvalue weighted by Crippen LogP contribution is 2.12. The maximum Gasteiger partial charge on any atom is 0.155 e. The van der Waals surface area contributed by atoms with Crippen LogP contribution in [0.5, 0.6) is 5.75 Å². The van der Waals surface area contributed by atoms with E-state index < -0.39 is 0 Å². The van der Waals surface area contributed by atoms with Crippen molar-refractivity contribution in [2.24, 2.45) is 0 Å². The monoisotopic (exact) mass is 229 g/mol. The van der Waals surface area contributed by atoms with Gasteiger partial charge in [0.2, 0.25) is 0 Å². The predicted molar refractivity (Wildman–Crippen MR) is 65.1 cm³/mol. The molecule has 0 unspecified atom stereocenters. The normalized spacial score (nSPS) is 15.9. The molecule has 1 aliphatic rings. The molecule has 0 amide bonds. The molecule has 2 rings (SSSR count). The van der Waals surface area contributed by atoms with Gasteiger partial charge in [-0.1, -0.05) is 0 Å². The Morgan fingerprint density at radius 1 is 1.35 bits per heavy atom. The largest absolute Gasteiger partial charge is 0.383 e. The molecule has 0 saturated heterocycles. The molecule has 1 aromatic rings. The lowest BCUT2D eigenvalue weighted by Crippen LogP contribution is -2.29. The van der Waals surface area contributed by atoms with E-state index in [-0.39, 0.29) is 0 Å². The van der Waals surface area contributed by atoms with Gasteiger partial charge in [-0.2, -0.15) is 5.26 Å². The minimum atomic E-state index is 0.635. The van der Waals surface area contributed by atoms with Crippen LogP contribution < -0.4 is 10.3 Å². The van der Waals surface area contributed by atoms with Crippen molar-refractivity contribution in [1.82, 2.24) is 10.4 Å². The number of rotatable bonds is 3. The third kappa shape index (κ3) is 3.23. The van der Waals surface area contributed by atoms with Crippen LogP contribution >= 0.6 is 0 Å². The lowest BCUT2D eigenvalue weighted by Gasteiger charge is -2.22. The van der Waals surface area contributed by atoms with Gasteiger partial charge in [-0.3, -0.25) is 0 Å². The smallest absolute Gasteiger partial charge is 0.155 e. The summed E-state index contributed by atoms with van der Waals surface area (Å²) in [7, 11) is 2.09. The second-order valence-corrected chi connectivity index (χ2v) is 4.08. The van der Waals surface area contributed by atoms with Crippen molar-refractivity contribution in [3.63, 3.8) is 0 Å². The highest BCUT2D eigenvalue weighted by molar-refractivity contribution is 5.34. The van der Waals surface area contributed by atoms with E-state index in [4.69, 9.17) is 10.1 Å². The van der Waals surface area contributed by atoms with E-state index in [1.807, 2.05) is 0 Å². The van der Waals surface area contributed by atoms with Gasteiger partial charge in [0.25, 0.3) is 0 Å². The van der Waals surface area contributed by atoms with Crippen molar-refractivity contribution in [3.05, 3.63) is 41.6 Å². The van der Waals surface area contributed by atoms with Crippen LogP contribution in [0.1, 0.15) is 12.0 Å². The average Bonchev–Trinajstić information content (AvgIpc) is 2.39. The van der Waals surface area contributed by atoms with Crippen molar-refractivity contribution in [1.29, 1.82) is 5.26 Å². The first-order valence-corrected chi connectivity index (χ1v) is 5.58. The van der Waals surface area contributed by atoms with E-state index in [0.29, 0.717) is 11.3 Å². The highest BCUT2D eigenvalue weighted by atomic mass is 16.6. The molecule has 0 radical (unpaired) electrons. The summed E-state index contributed by atoms with van der Waals surface area (Å²) in [5, 5.41) is 8.67. The molecule has 1 aliphatic heterocycles. The van der Waals surface area contributed by atoms with E-state index in [1.54, 1.807) is 24.3 Å². The summed E-state index contributed by atoms with van der Waals surface area (Å²) in [6, 6.07) is 9.10. The highest BCUT2D eigenvalue weighted by Gasteiger charge is 2.07. The van der Waals surface area contributed by atoms with Gasteiger partial charge in [0.1, 0.15) is 0 Å². The summed E-state index contributed by atoms with van der Waals surface area (Å²) in [6.45, 7) is 1.98. The Bertz CT molecular complexity index is 445. The van der Waals surface area contributed by atoms with Crippen LogP contribution in [0.3, 0.4) is 0 Å². The molecule has 0 aliphatic carbocycles. The zero-order valence-corrected chi connectivity index (χ0v) is 9.81. The molecule has 17 heavy (non-hydrogen) atoms. The van der Waals surface area contributed by atoms with Crippen LogP contribution in [0.2, 0.25) is 0 Å². The summed E-state index contributed by atoms with van der Waals surface area (Å²) >= 11 is 0. The van der Waals surface area contributed by atoms with Crippen molar-refractivity contribution in [3.8, 4) is 11.8 Å². The van der Waals surface area contributed by atoms with E-state index >= 15 is 0 Å². The van der Waals surface area contributed by atoms with Gasteiger partial charge in [-0.05, 0) is 37.4 Å². The van der Waals surface area contributed by atoms with Gasteiger partial charge in [0.15, 0.2) is 5.75 Å². The van der Waals surface area contributed by atoms with E-state index in [1.165, 1.54) is 0 Å². The Morgan fingerprint density at radius 3 is 2.71 bits per heavy atom. The summed E-state index contributed by atoms with van der Waals surface area (Å²) in [4.78, 5) is 7.68. The summed E-state index contributed by atoms with van der Waals surface area (Å²) < 4.78 is 0. The molecule has 1 heterocycles. The molecule has 88 valence electrons. The average molecular weight is 229 g/mol. The van der Waals surface area contributed by atoms with Crippen LogP contribution in [0.25, 0.3) is 0 Å². The molecule has 0 atom stereocenters. The molecule has 0 aromatic heterocycles. The second-order valence-electron chi connectivity index (χ2n) is 4.08. The molecule has 4 nitrogen and oxygen atoms in total. The summed E-state index contributed by atoms with van der Waals surface area (Å²) in [6.07, 6.45) is 3.08. The van der Waals surface area contributed by atoms with Crippen molar-refractivity contribution >= 4 is 0 Å². The lowest BCUT2D eigenvalue weighted by molar-refractivity contribution is 0.213. The molecule has 4 heteroatoms. The zero-order chi connectivity index (χ0) is 12.1. The quantitative estimate of drug-likeness (QED) is 0.801. The molecular weight excluding hydrogens is 214 g/mol. The van der Waals surface area contributed by atoms with Crippen molar-refractivity contribution < 1.29 is 4.84 Å². The maximum absolute atomic E-state index is 8.67. The number of hydrogen-bond acceptors (Lipinski definition) is 4. The number of hydroxylamine groups is 1. The Labute approximate surface area is 101 Å². The molecule has 0 fully saturated rings. The summed E-state index contributed by atoms with van der Waals surface area (Å²) in [5.41, 5.74) is 4.69. The molecule has 1 aromatic carbocycles. The number of hydrogen-bond donors (Lipinski definition) is 1. The third-order valence-electron chi connectivity index (χ3n) is 2.70. The number of nitrogens with one attached hydrogen (secondary N) is 1. The second kappa shape index (κ2) is 5.37. The number of benzene rings is 1. The topological polar surface area (TPSA) is 48.3 Å². The minimum absolute atomic E-state index is 0.635. The fourth-order valence-corrected chi connectivity index (χ4v) is 1.59. The van der Waals surface area contributed by atoms with Gasteiger partial charge in [0, 0.05) is 25.2 Å². The van der Waals surface area contributed by atoms with Gasteiger partial charge in [-0.25, -0.2) is 5.48 Å². The number of nitriles is 1. The van der Waals surface area contributed by atoms with Crippen LogP contribution in [-0.4, -0.2) is 25.0 Å². The Morgan fingerprint density at radius 2 is 2.12 bits per heavy atom. The molecule has 0 spiro atoms. The predicted octanol–water partition coefficient (Wildman–Crippen LogP) is 1.66. The number of likely N-dealkylation sites (N-methyl/N-ethyl adjacent to an activating group) is 1. The first-order valence-electron chi connectivity index (χ1n) is 5.58. The third-order valence-corrected chi connectivity index (χ3v) is 2.70. The van der Waals surface area contributed by atoms with Gasteiger partial charge in [-0.15, -0.1) is 0 Å². The van der Waals surface area contributed by atoms with Crippen LogP contribution in [0.15, 0.2) is 36.0 Å². The molecule has 0 bridgehead atoms. The Hall–Kier alpha value is -1.99. The number of nitrogens with zero attached hydrogens (tertiary/aromatic N) is 2. The SMILES string of the molecule is CN1CC=C(NOc2ccc(C#N)cc2)CC1. The molecule has 1 N–H and O–H groups in total. The van der Waals surface area contributed by atoms with E-state index in [2.05, 4.69) is 29.6 Å². The molecule has 0 saturated carbocycles. The Kier molecular flexibility index (Phi) is 3.63. The van der Waals surface area contributed by atoms with Crippen LogP contribution in [0, 0.1) is 11.3 Å². The molecular formula is C13H15N3O. The Balaban J connectivity index is 1.87. The zero-order valence-electron chi connectivity index (χ0n) is 9.81. The van der Waals surface area contributed by atoms with Crippen LogP contribution in [0.4, 0.5) is 0 Å². The maximum atomic E-state index is 8.67. The standard InChI is InChI=1S/C13H15N3O/c1-16-8-6-12(7-9-16)15-17-13-4-2-11(10-14)3-5-13/h2-6,15H,7-9H2,1H3. The van der Waals surface area contributed by atoms with E-state index in [9.17, 15) is 0 Å². The van der Waals surface area contributed by atoms with Crippen LogP contribution in [-0.2, 0) is 0 Å². The van der Waals surface area contributed by atoms with Crippen molar-refractivity contribution in [2.45, 2.75) is 6.42 Å².